The molecule has 3 heterocycles. The molecule has 3 aromatic rings. The Morgan fingerprint density at radius 2 is 2.00 bits per heavy atom. The van der Waals surface area contributed by atoms with Gasteiger partial charge < -0.3 is 16.0 Å². The number of nitrogens with two attached hydrogens (primary N) is 1. The van der Waals surface area contributed by atoms with Crippen molar-refractivity contribution in [3.8, 4) is 0 Å². The molecule has 1 atom stereocenters. The number of anilines is 2. The van der Waals surface area contributed by atoms with Crippen LogP contribution in [0.4, 0.5) is 24.5 Å². The maximum atomic E-state index is 12.7. The van der Waals surface area contributed by atoms with E-state index in [0.717, 1.165) is 48.3 Å². The number of halogens is 3. The molecule has 1 unspecified atom stereocenters. The molecule has 0 bridgehead atoms. The minimum absolute atomic E-state index is 0.271. The highest BCUT2D eigenvalue weighted by Crippen LogP contribution is 2.35. The lowest BCUT2D eigenvalue weighted by molar-refractivity contribution is -0.895. The predicted octanol–water partition coefficient (Wildman–Crippen LogP) is 2.72. The number of carbonyl (C=O) groups excluding carboxylic acids is 1. The first-order valence-electron chi connectivity index (χ1n) is 8.73. The van der Waals surface area contributed by atoms with E-state index in [2.05, 4.69) is 17.3 Å². The Morgan fingerprint density at radius 3 is 2.68 bits per heavy atom. The topological polar surface area (TPSA) is 72.5 Å². The zero-order chi connectivity index (χ0) is 20.1. The highest BCUT2D eigenvalue weighted by Gasteiger charge is 2.30. The minimum Gasteiger partial charge on any atom is -0.397 e. The van der Waals surface area contributed by atoms with Gasteiger partial charge in [-0.1, -0.05) is 0 Å². The Labute approximate surface area is 163 Å². The van der Waals surface area contributed by atoms with E-state index in [4.69, 9.17) is 5.73 Å². The van der Waals surface area contributed by atoms with Gasteiger partial charge in [0.1, 0.15) is 16.3 Å². The number of aromatic nitrogens is 1. The molecular formula is C19H18F3N4OS+. The minimum atomic E-state index is -4.42. The number of benzene rings is 1. The summed E-state index contributed by atoms with van der Waals surface area (Å²) in [7, 11) is 2.12. The largest absolute Gasteiger partial charge is 0.416 e. The van der Waals surface area contributed by atoms with Crippen molar-refractivity contribution in [2.45, 2.75) is 19.1 Å². The van der Waals surface area contributed by atoms with E-state index in [9.17, 15) is 18.0 Å². The average molecular weight is 407 g/mol. The normalized spacial score (nSPS) is 16.8. The second kappa shape index (κ2) is 6.75. The van der Waals surface area contributed by atoms with Gasteiger partial charge in [0.15, 0.2) is 0 Å². The van der Waals surface area contributed by atoms with Crippen LogP contribution in [0.15, 0.2) is 30.3 Å². The van der Waals surface area contributed by atoms with E-state index in [1.807, 2.05) is 6.07 Å². The maximum absolute atomic E-state index is 12.7. The molecule has 4 rings (SSSR count). The summed E-state index contributed by atoms with van der Waals surface area (Å²) in [6.07, 6.45) is -3.54. The number of alkyl halides is 3. The van der Waals surface area contributed by atoms with Gasteiger partial charge in [-0.25, -0.2) is 4.98 Å². The Hall–Kier alpha value is -2.65. The number of quaternary nitrogens is 1. The molecule has 0 radical (unpaired) electrons. The van der Waals surface area contributed by atoms with Crippen molar-refractivity contribution in [1.82, 2.24) is 4.98 Å². The van der Waals surface area contributed by atoms with Crippen molar-refractivity contribution in [1.29, 1.82) is 0 Å². The van der Waals surface area contributed by atoms with Gasteiger partial charge >= 0.3 is 6.18 Å². The van der Waals surface area contributed by atoms with E-state index < -0.39 is 17.6 Å². The van der Waals surface area contributed by atoms with Gasteiger partial charge in [-0.15, -0.1) is 11.3 Å². The summed E-state index contributed by atoms with van der Waals surface area (Å²) in [6, 6.07) is 6.30. The summed E-state index contributed by atoms with van der Waals surface area (Å²) in [6.45, 7) is 1.87. The monoisotopic (exact) mass is 407 g/mol. The van der Waals surface area contributed by atoms with Gasteiger partial charge in [0.25, 0.3) is 5.91 Å². The lowest BCUT2D eigenvalue weighted by atomic mass is 10.0. The average Bonchev–Trinajstić information content (AvgIpc) is 2.96. The molecule has 1 aliphatic heterocycles. The second-order valence-electron chi connectivity index (χ2n) is 6.95. The molecule has 146 valence electrons. The van der Waals surface area contributed by atoms with Gasteiger partial charge in [0.2, 0.25) is 0 Å². The number of nitrogen functional groups attached to an aromatic ring is 1. The van der Waals surface area contributed by atoms with E-state index in [1.54, 1.807) is 0 Å². The van der Waals surface area contributed by atoms with Crippen LogP contribution in [0.3, 0.4) is 0 Å². The van der Waals surface area contributed by atoms with Crippen molar-refractivity contribution in [3.63, 3.8) is 0 Å². The fourth-order valence-corrected chi connectivity index (χ4v) is 4.32. The summed E-state index contributed by atoms with van der Waals surface area (Å²) in [5.41, 5.74) is 8.22. The summed E-state index contributed by atoms with van der Waals surface area (Å²) < 4.78 is 38.0. The summed E-state index contributed by atoms with van der Waals surface area (Å²) in [5.74, 6) is -0.457. The van der Waals surface area contributed by atoms with E-state index >= 15 is 0 Å². The number of nitrogens with one attached hydrogen (secondary N) is 2. The number of nitrogens with zero attached hydrogens (tertiary/aromatic N) is 1. The quantitative estimate of drug-likeness (QED) is 0.612. The Balaban J connectivity index is 1.61. The molecule has 1 aromatic carbocycles. The number of pyridine rings is 1. The lowest BCUT2D eigenvalue weighted by Crippen LogP contribution is -3.08. The number of likely N-dealkylation sites (N-methyl/N-ethyl adjacent to an activating group) is 1. The Morgan fingerprint density at radius 1 is 1.29 bits per heavy atom. The summed E-state index contributed by atoms with van der Waals surface area (Å²) >= 11 is 1.20. The van der Waals surface area contributed by atoms with Crippen LogP contribution in [0.2, 0.25) is 0 Å². The van der Waals surface area contributed by atoms with Crippen LogP contribution >= 0.6 is 11.3 Å². The van der Waals surface area contributed by atoms with Crippen LogP contribution in [0, 0.1) is 0 Å². The van der Waals surface area contributed by atoms with E-state index in [0.29, 0.717) is 15.4 Å². The molecule has 5 nitrogen and oxygen atoms in total. The van der Waals surface area contributed by atoms with Gasteiger partial charge in [-0.05, 0) is 30.3 Å². The molecule has 4 N–H and O–H groups in total. The number of hydrogen-bond acceptors (Lipinski definition) is 4. The second-order valence-corrected chi connectivity index (χ2v) is 7.95. The van der Waals surface area contributed by atoms with Crippen LogP contribution in [-0.2, 0) is 19.1 Å². The maximum Gasteiger partial charge on any atom is 0.416 e. The first kappa shape index (κ1) is 18.7. The SMILES string of the molecule is C[NH+]1CCc2nc3sc(C(=O)Nc4ccc(C(F)(F)F)cc4)c(N)c3cc2C1. The first-order valence-corrected chi connectivity index (χ1v) is 9.54. The highest BCUT2D eigenvalue weighted by atomic mass is 32.1. The third-order valence-electron chi connectivity index (χ3n) is 4.85. The van der Waals surface area contributed by atoms with Crippen LogP contribution in [0.25, 0.3) is 10.2 Å². The standard InChI is InChI=1S/C19H17F3N4OS/c1-26-7-6-14-10(9-26)8-13-15(23)16(28-18(13)25-14)17(27)24-12-4-2-11(3-5-12)19(20,21)22/h2-5,8H,6-7,9,23H2,1H3,(H,24,27)/p+1. The molecule has 0 spiro atoms. The van der Waals surface area contributed by atoms with Gasteiger partial charge in [0.05, 0.1) is 30.5 Å². The molecule has 9 heteroatoms. The van der Waals surface area contributed by atoms with E-state index in [1.165, 1.54) is 28.4 Å². The fourth-order valence-electron chi connectivity index (χ4n) is 3.33. The molecular weight excluding hydrogens is 389 g/mol. The molecule has 28 heavy (non-hydrogen) atoms. The highest BCUT2D eigenvalue weighted by molar-refractivity contribution is 7.21. The van der Waals surface area contributed by atoms with Crippen LogP contribution < -0.4 is 16.0 Å². The predicted molar refractivity (Wildman–Crippen MR) is 103 cm³/mol. The van der Waals surface area contributed by atoms with Crippen molar-refractivity contribution in [2.24, 2.45) is 0 Å². The molecule has 0 aliphatic carbocycles. The third-order valence-corrected chi connectivity index (χ3v) is 5.96. The van der Waals surface area contributed by atoms with Gasteiger partial charge in [-0.3, -0.25) is 4.79 Å². The van der Waals surface area contributed by atoms with Crippen molar-refractivity contribution >= 4 is 38.8 Å². The molecule has 1 aliphatic rings. The van der Waals surface area contributed by atoms with Gasteiger partial charge in [-0.2, -0.15) is 13.2 Å². The zero-order valence-electron chi connectivity index (χ0n) is 15.0. The zero-order valence-corrected chi connectivity index (χ0v) is 15.8. The van der Waals surface area contributed by atoms with Crippen LogP contribution in [0.5, 0.6) is 0 Å². The smallest absolute Gasteiger partial charge is 0.397 e. The van der Waals surface area contributed by atoms with Crippen molar-refractivity contribution < 1.29 is 22.9 Å². The first-order chi connectivity index (χ1) is 13.2. The molecule has 0 saturated heterocycles. The molecule has 0 fully saturated rings. The van der Waals surface area contributed by atoms with E-state index in [-0.39, 0.29) is 5.69 Å². The number of fused-ring (bicyclic) bond motifs is 2. The Bertz CT molecular complexity index is 1060. The third kappa shape index (κ3) is 3.43. The molecule has 1 amide bonds. The fraction of sp³-hybridized carbons (Fsp3) is 0.263. The Kier molecular flexibility index (Phi) is 4.51. The van der Waals surface area contributed by atoms with Crippen LogP contribution in [0.1, 0.15) is 26.5 Å². The van der Waals surface area contributed by atoms with Gasteiger partial charge in [0, 0.05) is 23.1 Å². The summed E-state index contributed by atoms with van der Waals surface area (Å²) in [4.78, 5) is 19.7. The number of carbonyl (C=O) groups is 1. The van der Waals surface area contributed by atoms with Crippen molar-refractivity contribution in [2.75, 3.05) is 24.6 Å². The van der Waals surface area contributed by atoms with Crippen molar-refractivity contribution in [3.05, 3.63) is 52.0 Å². The lowest BCUT2D eigenvalue weighted by Gasteiger charge is -2.21. The molecule has 2 aromatic heterocycles. The summed E-state index contributed by atoms with van der Waals surface area (Å²) in [5, 5.41) is 3.35. The number of amides is 1. The van der Waals surface area contributed by atoms with Crippen LogP contribution in [-0.4, -0.2) is 24.5 Å². The number of thiophene rings is 1. The number of hydrogen-bond donors (Lipinski definition) is 3. The molecule has 0 saturated carbocycles. The number of rotatable bonds is 2.